The van der Waals surface area contributed by atoms with Gasteiger partial charge in [0, 0.05) is 11.8 Å². The second kappa shape index (κ2) is 4.86. The summed E-state index contributed by atoms with van der Waals surface area (Å²) in [4.78, 5) is 13.9. The molecule has 0 aliphatic carbocycles. The van der Waals surface area contributed by atoms with E-state index in [2.05, 4.69) is 4.98 Å². The lowest BCUT2D eigenvalue weighted by Gasteiger charge is -2.09. The summed E-state index contributed by atoms with van der Waals surface area (Å²) in [5, 5.41) is 16.8. The number of aliphatic carboxylic acids is 1. The molecule has 84 valence electrons. The fourth-order valence-corrected chi connectivity index (χ4v) is 1.39. The van der Waals surface area contributed by atoms with E-state index in [-0.39, 0.29) is 10.7 Å². The van der Waals surface area contributed by atoms with Crippen molar-refractivity contribution >= 4 is 17.6 Å². The molecule has 0 fully saturated rings. The third kappa shape index (κ3) is 2.44. The molecular formula is C9H5ClF2N2O2. The van der Waals surface area contributed by atoms with Crippen LogP contribution >= 0.6 is 11.6 Å². The average Bonchev–Trinajstić information content (AvgIpc) is 2.18. The molecule has 0 aliphatic rings. The number of carbonyl (C=O) groups is 1. The maximum Gasteiger partial charge on any atom is 0.307 e. The summed E-state index contributed by atoms with van der Waals surface area (Å²) in [6.45, 7) is 0. The van der Waals surface area contributed by atoms with Gasteiger partial charge in [-0.2, -0.15) is 5.26 Å². The number of hydrogen-bond acceptors (Lipinski definition) is 3. The van der Waals surface area contributed by atoms with Gasteiger partial charge in [-0.1, -0.05) is 11.6 Å². The highest BCUT2D eigenvalue weighted by Crippen LogP contribution is 2.29. The number of carboxylic acid groups (broad SMARTS) is 1. The van der Waals surface area contributed by atoms with E-state index in [0.29, 0.717) is 0 Å². The summed E-state index contributed by atoms with van der Waals surface area (Å²) < 4.78 is 25.3. The highest BCUT2D eigenvalue weighted by molar-refractivity contribution is 6.30. The lowest BCUT2D eigenvalue weighted by molar-refractivity contribution is -0.136. The molecule has 0 amide bonds. The van der Waals surface area contributed by atoms with Crippen LogP contribution in [0.15, 0.2) is 6.20 Å². The number of alkyl halides is 2. The van der Waals surface area contributed by atoms with E-state index in [1.165, 1.54) is 6.07 Å². The molecular weight excluding hydrogens is 242 g/mol. The molecule has 0 radical (unpaired) electrons. The molecule has 0 atom stereocenters. The van der Waals surface area contributed by atoms with Gasteiger partial charge in [0.2, 0.25) is 0 Å². The predicted molar refractivity (Wildman–Crippen MR) is 50.3 cm³/mol. The molecule has 1 N–H and O–H groups in total. The van der Waals surface area contributed by atoms with Crippen molar-refractivity contribution in [3.8, 4) is 6.07 Å². The summed E-state index contributed by atoms with van der Waals surface area (Å²) in [5.74, 6) is -1.28. The zero-order valence-corrected chi connectivity index (χ0v) is 8.50. The molecule has 1 heterocycles. The zero-order chi connectivity index (χ0) is 12.3. The van der Waals surface area contributed by atoms with Crippen LogP contribution in [0.1, 0.15) is 23.1 Å². The Morgan fingerprint density at radius 1 is 1.69 bits per heavy atom. The minimum atomic E-state index is -2.97. The normalized spacial score (nSPS) is 10.2. The molecule has 0 saturated carbocycles. The fraction of sp³-hybridized carbons (Fsp3) is 0.222. The number of nitrogens with zero attached hydrogens (tertiary/aromatic N) is 2. The Labute approximate surface area is 94.1 Å². The SMILES string of the molecule is N#Cc1c(Cl)ncc(CC(=O)O)c1C(F)F. The Bertz CT molecular complexity index is 471. The van der Waals surface area contributed by atoms with Gasteiger partial charge in [-0.3, -0.25) is 4.79 Å². The lowest BCUT2D eigenvalue weighted by atomic mass is 10.0. The van der Waals surface area contributed by atoms with Gasteiger partial charge in [0.1, 0.15) is 11.2 Å². The molecule has 0 aliphatic heterocycles. The standard InChI is InChI=1S/C9H5ClF2N2O2/c10-8-5(2-13)7(9(11)12)4(3-14-8)1-6(15)16/h3,9H,1H2,(H,15,16). The molecule has 16 heavy (non-hydrogen) atoms. The van der Waals surface area contributed by atoms with Crippen LogP contribution in [0.3, 0.4) is 0 Å². The molecule has 1 rings (SSSR count). The van der Waals surface area contributed by atoms with Gasteiger partial charge in [-0.25, -0.2) is 13.8 Å². The first-order chi connectivity index (χ1) is 7.47. The van der Waals surface area contributed by atoms with E-state index >= 15 is 0 Å². The third-order valence-electron chi connectivity index (χ3n) is 1.83. The monoisotopic (exact) mass is 246 g/mol. The molecule has 4 nitrogen and oxygen atoms in total. The predicted octanol–water partition coefficient (Wildman–Crippen LogP) is 2.17. The van der Waals surface area contributed by atoms with E-state index in [1.807, 2.05) is 0 Å². The first-order valence-electron chi connectivity index (χ1n) is 4.04. The maximum atomic E-state index is 12.7. The number of nitriles is 1. The van der Waals surface area contributed by atoms with Crippen LogP contribution in [0.25, 0.3) is 0 Å². The number of halogens is 3. The van der Waals surface area contributed by atoms with Gasteiger partial charge < -0.3 is 5.11 Å². The minimum Gasteiger partial charge on any atom is -0.481 e. The van der Waals surface area contributed by atoms with Gasteiger partial charge in [0.25, 0.3) is 6.43 Å². The Morgan fingerprint density at radius 2 is 2.31 bits per heavy atom. The molecule has 0 spiro atoms. The molecule has 0 saturated heterocycles. The number of aromatic nitrogens is 1. The molecule has 0 bridgehead atoms. The highest BCUT2D eigenvalue weighted by atomic mass is 35.5. The van der Waals surface area contributed by atoms with Crippen molar-refractivity contribution in [2.24, 2.45) is 0 Å². The topological polar surface area (TPSA) is 74.0 Å². The summed E-state index contributed by atoms with van der Waals surface area (Å²) >= 11 is 5.47. The van der Waals surface area contributed by atoms with Crippen LogP contribution in [-0.4, -0.2) is 16.1 Å². The van der Waals surface area contributed by atoms with E-state index in [4.69, 9.17) is 22.0 Å². The quantitative estimate of drug-likeness (QED) is 0.830. The van der Waals surface area contributed by atoms with E-state index < -0.39 is 29.9 Å². The second-order valence-corrected chi connectivity index (χ2v) is 3.20. The van der Waals surface area contributed by atoms with Gasteiger partial charge in [-0.15, -0.1) is 0 Å². The van der Waals surface area contributed by atoms with Gasteiger partial charge in [-0.05, 0) is 5.56 Å². The minimum absolute atomic E-state index is 0.205. The second-order valence-electron chi connectivity index (χ2n) is 2.85. The zero-order valence-electron chi connectivity index (χ0n) is 7.75. The first kappa shape index (κ1) is 12.3. The van der Waals surface area contributed by atoms with Gasteiger partial charge in [0.15, 0.2) is 0 Å². The Kier molecular flexibility index (Phi) is 3.74. The van der Waals surface area contributed by atoms with Gasteiger partial charge in [0.05, 0.1) is 12.0 Å². The Hall–Kier alpha value is -1.74. The Balaban J connectivity index is 3.40. The molecule has 1 aromatic heterocycles. The van der Waals surface area contributed by atoms with Crippen molar-refractivity contribution in [1.29, 1.82) is 5.26 Å². The third-order valence-corrected chi connectivity index (χ3v) is 2.11. The average molecular weight is 247 g/mol. The number of rotatable bonds is 3. The van der Waals surface area contributed by atoms with E-state index in [1.54, 1.807) is 0 Å². The van der Waals surface area contributed by atoms with Crippen LogP contribution in [0.5, 0.6) is 0 Å². The van der Waals surface area contributed by atoms with Crippen LogP contribution in [0.4, 0.5) is 8.78 Å². The van der Waals surface area contributed by atoms with Crippen molar-refractivity contribution in [3.05, 3.63) is 28.0 Å². The van der Waals surface area contributed by atoms with E-state index in [9.17, 15) is 13.6 Å². The fourth-order valence-electron chi connectivity index (χ4n) is 1.20. The smallest absolute Gasteiger partial charge is 0.307 e. The summed E-state index contributed by atoms with van der Waals surface area (Å²) in [6, 6.07) is 1.49. The van der Waals surface area contributed by atoms with E-state index in [0.717, 1.165) is 6.20 Å². The molecule has 1 aromatic rings. The first-order valence-corrected chi connectivity index (χ1v) is 4.42. The van der Waals surface area contributed by atoms with Crippen molar-refractivity contribution in [3.63, 3.8) is 0 Å². The van der Waals surface area contributed by atoms with Crippen LogP contribution < -0.4 is 0 Å². The van der Waals surface area contributed by atoms with Crippen LogP contribution in [0, 0.1) is 11.3 Å². The van der Waals surface area contributed by atoms with Crippen molar-refractivity contribution in [2.75, 3.05) is 0 Å². The van der Waals surface area contributed by atoms with Crippen molar-refractivity contribution in [1.82, 2.24) is 4.98 Å². The maximum absolute atomic E-state index is 12.7. The number of carboxylic acids is 1. The number of hydrogen-bond donors (Lipinski definition) is 1. The largest absolute Gasteiger partial charge is 0.481 e. The highest BCUT2D eigenvalue weighted by Gasteiger charge is 2.22. The van der Waals surface area contributed by atoms with Crippen molar-refractivity contribution < 1.29 is 18.7 Å². The molecule has 0 unspecified atom stereocenters. The molecule has 0 aromatic carbocycles. The summed E-state index contributed by atoms with van der Waals surface area (Å²) in [7, 11) is 0. The Morgan fingerprint density at radius 3 is 2.75 bits per heavy atom. The van der Waals surface area contributed by atoms with Crippen molar-refractivity contribution in [2.45, 2.75) is 12.8 Å². The number of pyridine rings is 1. The van der Waals surface area contributed by atoms with Crippen LogP contribution in [0.2, 0.25) is 5.15 Å². The lowest BCUT2D eigenvalue weighted by Crippen LogP contribution is -2.07. The summed E-state index contributed by atoms with van der Waals surface area (Å²) in [5.41, 5.74) is -1.34. The van der Waals surface area contributed by atoms with Gasteiger partial charge >= 0.3 is 5.97 Å². The molecule has 7 heteroatoms. The van der Waals surface area contributed by atoms with Crippen LogP contribution in [-0.2, 0) is 11.2 Å². The summed E-state index contributed by atoms with van der Waals surface area (Å²) in [6.07, 6.45) is -2.65.